The van der Waals surface area contributed by atoms with E-state index in [-0.39, 0.29) is 18.0 Å². The highest BCUT2D eigenvalue weighted by atomic mass is 32.1. The van der Waals surface area contributed by atoms with Crippen molar-refractivity contribution in [1.82, 2.24) is 9.97 Å². The SMILES string of the molecule is CCOC(=O)c1sc2nc([C@H](C)OC(=O)c3ccc(F)cc3)[nH]c(=O)c2c1C. The zero-order chi connectivity index (χ0) is 20.4. The van der Waals surface area contributed by atoms with Crippen molar-refractivity contribution in [2.75, 3.05) is 6.61 Å². The van der Waals surface area contributed by atoms with Crippen molar-refractivity contribution in [2.45, 2.75) is 26.9 Å². The average Bonchev–Trinajstić information content (AvgIpc) is 2.99. The summed E-state index contributed by atoms with van der Waals surface area (Å²) < 4.78 is 23.3. The van der Waals surface area contributed by atoms with Crippen molar-refractivity contribution < 1.29 is 23.5 Å². The quantitative estimate of drug-likeness (QED) is 0.653. The number of esters is 2. The Morgan fingerprint density at radius 2 is 1.93 bits per heavy atom. The minimum atomic E-state index is -0.858. The molecule has 0 saturated heterocycles. The van der Waals surface area contributed by atoms with Crippen molar-refractivity contribution in [3.8, 4) is 0 Å². The minimum Gasteiger partial charge on any atom is -0.462 e. The van der Waals surface area contributed by atoms with Gasteiger partial charge >= 0.3 is 11.9 Å². The number of carbonyl (C=O) groups excluding carboxylic acids is 2. The lowest BCUT2D eigenvalue weighted by Gasteiger charge is -2.12. The molecule has 7 nitrogen and oxygen atoms in total. The number of nitrogens with zero attached hydrogens (tertiary/aromatic N) is 1. The summed E-state index contributed by atoms with van der Waals surface area (Å²) in [7, 11) is 0. The summed E-state index contributed by atoms with van der Waals surface area (Å²) >= 11 is 1.05. The first-order valence-electron chi connectivity index (χ1n) is 8.48. The molecule has 0 aliphatic rings. The Hall–Kier alpha value is -3.07. The number of thiophene rings is 1. The van der Waals surface area contributed by atoms with Gasteiger partial charge in [0.05, 0.1) is 17.6 Å². The third-order valence-corrected chi connectivity index (χ3v) is 5.19. The molecule has 0 saturated carbocycles. The summed E-state index contributed by atoms with van der Waals surface area (Å²) in [5, 5.41) is 0.300. The number of nitrogens with one attached hydrogen (secondary N) is 1. The molecule has 2 aromatic heterocycles. The lowest BCUT2D eigenvalue weighted by Crippen LogP contribution is -2.17. The summed E-state index contributed by atoms with van der Waals surface area (Å²) in [4.78, 5) is 44.3. The van der Waals surface area contributed by atoms with Gasteiger partial charge < -0.3 is 14.5 Å². The van der Waals surface area contributed by atoms with Gasteiger partial charge in [-0.15, -0.1) is 11.3 Å². The average molecular weight is 404 g/mol. The number of aromatic amines is 1. The number of fused-ring (bicyclic) bond motifs is 1. The normalized spacial score (nSPS) is 12.0. The molecule has 28 heavy (non-hydrogen) atoms. The van der Waals surface area contributed by atoms with Gasteiger partial charge in [-0.05, 0) is 50.6 Å². The predicted molar refractivity (Wildman–Crippen MR) is 101 cm³/mol. The van der Waals surface area contributed by atoms with Crippen LogP contribution in [0.5, 0.6) is 0 Å². The van der Waals surface area contributed by atoms with Crippen LogP contribution in [0.4, 0.5) is 4.39 Å². The van der Waals surface area contributed by atoms with Crippen LogP contribution in [-0.2, 0) is 9.47 Å². The van der Waals surface area contributed by atoms with E-state index in [0.29, 0.717) is 20.7 Å². The van der Waals surface area contributed by atoms with E-state index in [1.165, 1.54) is 12.1 Å². The molecule has 0 spiro atoms. The Morgan fingerprint density at radius 1 is 1.25 bits per heavy atom. The van der Waals surface area contributed by atoms with E-state index in [9.17, 15) is 18.8 Å². The van der Waals surface area contributed by atoms with Gasteiger partial charge in [-0.2, -0.15) is 0 Å². The largest absolute Gasteiger partial charge is 0.462 e. The highest BCUT2D eigenvalue weighted by Crippen LogP contribution is 2.28. The number of hydrogen-bond donors (Lipinski definition) is 1. The van der Waals surface area contributed by atoms with Crippen molar-refractivity contribution in [1.29, 1.82) is 0 Å². The third-order valence-electron chi connectivity index (χ3n) is 4.03. The minimum absolute atomic E-state index is 0.143. The molecular formula is C19H17FN2O5S. The zero-order valence-electron chi connectivity index (χ0n) is 15.4. The Morgan fingerprint density at radius 3 is 2.57 bits per heavy atom. The van der Waals surface area contributed by atoms with Gasteiger partial charge in [-0.1, -0.05) is 0 Å². The Labute approximate surface area is 163 Å². The van der Waals surface area contributed by atoms with E-state index in [1.54, 1.807) is 20.8 Å². The molecule has 0 unspecified atom stereocenters. The predicted octanol–water partition coefficient (Wildman–Crippen LogP) is 3.53. The number of ether oxygens (including phenoxy) is 2. The number of carbonyl (C=O) groups is 2. The molecule has 0 amide bonds. The molecule has 1 N–H and O–H groups in total. The molecule has 1 atom stereocenters. The fraction of sp³-hybridized carbons (Fsp3) is 0.263. The lowest BCUT2D eigenvalue weighted by atomic mass is 10.2. The summed E-state index contributed by atoms with van der Waals surface area (Å²) in [6.45, 7) is 5.12. The van der Waals surface area contributed by atoms with Crippen molar-refractivity contribution in [3.63, 3.8) is 0 Å². The van der Waals surface area contributed by atoms with Crippen LogP contribution in [0.2, 0.25) is 0 Å². The Bertz CT molecular complexity index is 1100. The lowest BCUT2D eigenvalue weighted by molar-refractivity contribution is 0.0319. The van der Waals surface area contributed by atoms with E-state index in [4.69, 9.17) is 9.47 Å². The Kier molecular flexibility index (Phi) is 5.55. The van der Waals surface area contributed by atoms with E-state index >= 15 is 0 Å². The van der Waals surface area contributed by atoms with E-state index in [2.05, 4.69) is 9.97 Å². The topological polar surface area (TPSA) is 98.3 Å². The van der Waals surface area contributed by atoms with Gasteiger partial charge in [0.25, 0.3) is 5.56 Å². The van der Waals surface area contributed by atoms with Crippen LogP contribution in [-0.4, -0.2) is 28.5 Å². The first kappa shape index (κ1) is 19.7. The Balaban J connectivity index is 1.90. The molecule has 0 fully saturated rings. The summed E-state index contributed by atoms with van der Waals surface area (Å²) in [5.74, 6) is -1.51. The van der Waals surface area contributed by atoms with Gasteiger partial charge in [0, 0.05) is 0 Å². The van der Waals surface area contributed by atoms with Crippen molar-refractivity contribution in [3.05, 3.63) is 62.3 Å². The second-order valence-electron chi connectivity index (χ2n) is 5.96. The van der Waals surface area contributed by atoms with Gasteiger partial charge in [0.1, 0.15) is 15.5 Å². The molecule has 9 heteroatoms. The zero-order valence-corrected chi connectivity index (χ0v) is 16.2. The summed E-state index contributed by atoms with van der Waals surface area (Å²) in [5.41, 5.74) is 0.233. The number of hydrogen-bond acceptors (Lipinski definition) is 7. The third kappa shape index (κ3) is 3.79. The van der Waals surface area contributed by atoms with Crippen LogP contribution in [0, 0.1) is 12.7 Å². The summed E-state index contributed by atoms with van der Waals surface area (Å²) in [6, 6.07) is 4.91. The van der Waals surface area contributed by atoms with Gasteiger partial charge in [0.2, 0.25) is 0 Å². The second kappa shape index (κ2) is 7.89. The maximum absolute atomic E-state index is 13.0. The van der Waals surface area contributed by atoms with Crippen molar-refractivity contribution >= 4 is 33.5 Å². The molecule has 0 aliphatic heterocycles. The van der Waals surface area contributed by atoms with Crippen LogP contribution in [0.3, 0.4) is 0 Å². The molecule has 146 valence electrons. The molecule has 0 radical (unpaired) electrons. The van der Waals surface area contributed by atoms with Gasteiger partial charge in [-0.25, -0.2) is 19.0 Å². The molecule has 2 heterocycles. The first-order chi connectivity index (χ1) is 13.3. The fourth-order valence-corrected chi connectivity index (χ4v) is 3.70. The number of benzene rings is 1. The van der Waals surface area contributed by atoms with Crippen LogP contribution < -0.4 is 5.56 Å². The van der Waals surface area contributed by atoms with E-state index in [0.717, 1.165) is 23.5 Å². The van der Waals surface area contributed by atoms with Gasteiger partial charge in [-0.3, -0.25) is 4.79 Å². The first-order valence-corrected chi connectivity index (χ1v) is 9.30. The smallest absolute Gasteiger partial charge is 0.348 e. The highest BCUT2D eigenvalue weighted by Gasteiger charge is 2.22. The molecule has 0 bridgehead atoms. The molecule has 3 aromatic rings. The van der Waals surface area contributed by atoms with Crippen LogP contribution in [0.25, 0.3) is 10.2 Å². The fourth-order valence-electron chi connectivity index (χ4n) is 2.61. The molecular weight excluding hydrogens is 387 g/mol. The van der Waals surface area contributed by atoms with Crippen LogP contribution >= 0.6 is 11.3 Å². The number of H-pyrrole nitrogens is 1. The summed E-state index contributed by atoms with van der Waals surface area (Å²) in [6.07, 6.45) is -0.858. The number of aromatic nitrogens is 2. The van der Waals surface area contributed by atoms with Crippen LogP contribution in [0.15, 0.2) is 29.1 Å². The maximum atomic E-state index is 13.0. The highest BCUT2D eigenvalue weighted by molar-refractivity contribution is 7.20. The number of aryl methyl sites for hydroxylation is 1. The second-order valence-corrected chi connectivity index (χ2v) is 6.96. The monoisotopic (exact) mass is 404 g/mol. The van der Waals surface area contributed by atoms with E-state index in [1.807, 2.05) is 0 Å². The van der Waals surface area contributed by atoms with Crippen LogP contribution in [0.1, 0.15) is 51.4 Å². The van der Waals surface area contributed by atoms with Gasteiger partial charge in [0.15, 0.2) is 11.9 Å². The van der Waals surface area contributed by atoms with Crippen molar-refractivity contribution in [2.24, 2.45) is 0 Å². The molecule has 0 aliphatic carbocycles. The number of rotatable bonds is 5. The molecule has 3 rings (SSSR count). The maximum Gasteiger partial charge on any atom is 0.348 e. The number of halogens is 1. The van der Waals surface area contributed by atoms with E-state index < -0.39 is 29.4 Å². The molecule has 1 aromatic carbocycles. The standard InChI is InChI=1S/C19H17FN2O5S/c1-4-26-19(25)14-9(2)13-16(23)21-15(22-17(13)28-14)10(3)27-18(24)11-5-7-12(20)8-6-11/h5-8,10H,4H2,1-3H3,(H,21,22,23)/t10-/m0/s1.